The van der Waals surface area contributed by atoms with Crippen molar-refractivity contribution in [3.05, 3.63) is 166 Å². The normalized spacial score (nSPS) is 21.9. The molecular weight excluding hydrogens is 757 g/mol. The standard InChI is InChI=1S/C50H60O8Si/c1-36-23-25-42(31-41(36)29-40-24-26-43-44(30-40)53-28-27-52-43)50(51-5)48(56-34-39-21-15-10-16-22-39)47(55-33-38-19-13-9-14-20-38)46(54-32-37-17-11-8-12-18-37)45(58-50)35-57-59(6,7)49(2,3)4/h8-26,30-31,45-48H,27-29,32-35H2,1-7H3/t45-,46-,47+,48-,50+/m1/s1. The van der Waals surface area contributed by atoms with Crippen molar-refractivity contribution in [2.45, 2.75) is 102 Å². The number of aryl methyl sites for hydroxylation is 1. The van der Waals surface area contributed by atoms with Crippen LogP contribution in [0.15, 0.2) is 127 Å². The Labute approximate surface area is 351 Å². The summed E-state index contributed by atoms with van der Waals surface area (Å²) in [5, 5.41) is -0.0232. The van der Waals surface area contributed by atoms with Gasteiger partial charge in [-0.3, -0.25) is 0 Å². The molecule has 0 amide bonds. The zero-order valence-corrected chi connectivity index (χ0v) is 36.6. The van der Waals surface area contributed by atoms with Gasteiger partial charge < -0.3 is 37.6 Å². The zero-order valence-electron chi connectivity index (χ0n) is 35.6. The van der Waals surface area contributed by atoms with Gasteiger partial charge in [-0.2, -0.15) is 0 Å². The van der Waals surface area contributed by atoms with Crippen molar-refractivity contribution in [3.63, 3.8) is 0 Å². The van der Waals surface area contributed by atoms with Crippen molar-refractivity contribution in [2.24, 2.45) is 0 Å². The van der Waals surface area contributed by atoms with Gasteiger partial charge in [0.2, 0.25) is 5.79 Å². The largest absolute Gasteiger partial charge is 0.486 e. The molecule has 0 N–H and O–H groups in total. The van der Waals surface area contributed by atoms with Crippen LogP contribution < -0.4 is 9.47 Å². The lowest BCUT2D eigenvalue weighted by atomic mass is 9.85. The third-order valence-corrected chi connectivity index (χ3v) is 16.5. The number of methoxy groups -OCH3 is 1. The monoisotopic (exact) mass is 816 g/mol. The summed E-state index contributed by atoms with van der Waals surface area (Å²) in [6.07, 6.45) is -1.93. The second kappa shape index (κ2) is 18.9. The van der Waals surface area contributed by atoms with Crippen molar-refractivity contribution in [2.75, 3.05) is 26.9 Å². The molecule has 0 unspecified atom stereocenters. The van der Waals surface area contributed by atoms with E-state index in [-0.39, 0.29) is 11.6 Å². The van der Waals surface area contributed by atoms with E-state index >= 15 is 0 Å². The molecule has 0 saturated carbocycles. The van der Waals surface area contributed by atoms with Gasteiger partial charge in [0.1, 0.15) is 37.6 Å². The molecule has 2 heterocycles. The van der Waals surface area contributed by atoms with Crippen molar-refractivity contribution in [1.29, 1.82) is 0 Å². The summed E-state index contributed by atoms with van der Waals surface area (Å²) in [5.74, 6) is 0.124. The molecular formula is C50H60O8Si. The number of rotatable bonds is 16. The predicted octanol–water partition coefficient (Wildman–Crippen LogP) is 10.3. The molecule has 1 saturated heterocycles. The van der Waals surface area contributed by atoms with Gasteiger partial charge in [-0.25, -0.2) is 0 Å². The molecule has 0 spiro atoms. The highest BCUT2D eigenvalue weighted by molar-refractivity contribution is 6.74. The van der Waals surface area contributed by atoms with Gasteiger partial charge >= 0.3 is 0 Å². The lowest BCUT2D eigenvalue weighted by Gasteiger charge is -2.52. The quantitative estimate of drug-likeness (QED) is 0.0912. The lowest BCUT2D eigenvalue weighted by molar-refractivity contribution is -0.384. The Morgan fingerprint density at radius 3 is 1.78 bits per heavy atom. The minimum atomic E-state index is -2.25. The Hall–Kier alpha value is -4.32. The lowest BCUT2D eigenvalue weighted by Crippen LogP contribution is -2.66. The Bertz CT molecular complexity index is 2090. The van der Waals surface area contributed by atoms with Gasteiger partial charge in [-0.1, -0.05) is 130 Å². The first kappa shape index (κ1) is 42.8. The van der Waals surface area contributed by atoms with Gasteiger partial charge in [-0.05, 0) is 83.1 Å². The molecule has 59 heavy (non-hydrogen) atoms. The third-order valence-electron chi connectivity index (χ3n) is 12.0. The van der Waals surface area contributed by atoms with Crippen molar-refractivity contribution >= 4 is 8.32 Å². The number of benzene rings is 5. The van der Waals surface area contributed by atoms with E-state index in [9.17, 15) is 0 Å². The third kappa shape index (κ3) is 10.2. The maximum Gasteiger partial charge on any atom is 0.225 e. The smallest absolute Gasteiger partial charge is 0.225 e. The van der Waals surface area contributed by atoms with Crippen LogP contribution in [0.5, 0.6) is 11.5 Å². The van der Waals surface area contributed by atoms with E-state index < -0.39 is 38.5 Å². The second-order valence-corrected chi connectivity index (χ2v) is 21.9. The maximum absolute atomic E-state index is 7.43. The first-order chi connectivity index (χ1) is 28.5. The Balaban J connectivity index is 1.33. The molecule has 0 aromatic heterocycles. The van der Waals surface area contributed by atoms with E-state index in [1.54, 1.807) is 7.11 Å². The summed E-state index contributed by atoms with van der Waals surface area (Å²) in [7, 11) is -0.550. The van der Waals surface area contributed by atoms with Crippen LogP contribution in [0.2, 0.25) is 18.1 Å². The number of hydrogen-bond donors (Lipinski definition) is 0. The Morgan fingerprint density at radius 1 is 0.644 bits per heavy atom. The molecule has 7 rings (SSSR count). The van der Waals surface area contributed by atoms with Crippen LogP contribution in [-0.4, -0.2) is 59.7 Å². The van der Waals surface area contributed by atoms with Crippen molar-refractivity contribution < 1.29 is 37.6 Å². The second-order valence-electron chi connectivity index (χ2n) is 17.1. The Kier molecular flexibility index (Phi) is 13.7. The van der Waals surface area contributed by atoms with Crippen LogP contribution in [0, 0.1) is 6.92 Å². The van der Waals surface area contributed by atoms with Gasteiger partial charge in [0.05, 0.1) is 26.4 Å². The molecule has 8 nitrogen and oxygen atoms in total. The number of hydrogen-bond acceptors (Lipinski definition) is 8. The predicted molar refractivity (Wildman–Crippen MR) is 233 cm³/mol. The van der Waals surface area contributed by atoms with Crippen LogP contribution >= 0.6 is 0 Å². The fraction of sp³-hybridized carbons (Fsp3) is 0.400. The molecule has 312 valence electrons. The average Bonchev–Trinajstić information content (AvgIpc) is 3.25. The summed E-state index contributed by atoms with van der Waals surface area (Å²) < 4.78 is 54.1. The average molecular weight is 817 g/mol. The molecule has 1 fully saturated rings. The van der Waals surface area contributed by atoms with Crippen molar-refractivity contribution in [1.82, 2.24) is 0 Å². The molecule has 2 aliphatic rings. The van der Waals surface area contributed by atoms with Gasteiger partial charge in [0.25, 0.3) is 0 Å². The number of ether oxygens (including phenoxy) is 7. The maximum atomic E-state index is 7.43. The van der Waals surface area contributed by atoms with Crippen LogP contribution in [0.25, 0.3) is 0 Å². The molecule has 5 aromatic rings. The van der Waals surface area contributed by atoms with E-state index in [0.717, 1.165) is 50.4 Å². The summed E-state index contributed by atoms with van der Waals surface area (Å²) in [6.45, 7) is 15.8. The van der Waals surface area contributed by atoms with E-state index in [4.69, 9.17) is 37.6 Å². The van der Waals surface area contributed by atoms with Crippen LogP contribution in [0.4, 0.5) is 0 Å². The van der Waals surface area contributed by atoms with E-state index in [0.29, 0.717) is 39.5 Å². The van der Waals surface area contributed by atoms with E-state index in [1.165, 1.54) is 0 Å². The van der Waals surface area contributed by atoms with Gasteiger partial charge in [0, 0.05) is 12.7 Å². The van der Waals surface area contributed by atoms with Gasteiger partial charge in [-0.15, -0.1) is 0 Å². The van der Waals surface area contributed by atoms with Crippen LogP contribution in [0.3, 0.4) is 0 Å². The molecule has 5 aromatic carbocycles. The highest BCUT2D eigenvalue weighted by Gasteiger charge is 2.59. The zero-order chi connectivity index (χ0) is 41.5. The summed E-state index contributed by atoms with van der Waals surface area (Å²) >= 11 is 0. The molecule has 5 atom stereocenters. The molecule has 0 radical (unpaired) electrons. The number of fused-ring (bicyclic) bond motifs is 1. The molecule has 2 aliphatic heterocycles. The van der Waals surface area contributed by atoms with Gasteiger partial charge in [0.15, 0.2) is 19.8 Å². The summed E-state index contributed by atoms with van der Waals surface area (Å²) in [5.41, 5.74) is 7.31. The van der Waals surface area contributed by atoms with E-state index in [2.05, 4.69) is 108 Å². The highest BCUT2D eigenvalue weighted by atomic mass is 28.4. The molecule has 0 aliphatic carbocycles. The Morgan fingerprint density at radius 2 is 1.20 bits per heavy atom. The first-order valence-corrected chi connectivity index (χ1v) is 23.7. The topological polar surface area (TPSA) is 73.8 Å². The highest BCUT2D eigenvalue weighted by Crippen LogP contribution is 2.46. The molecule has 9 heteroatoms. The van der Waals surface area contributed by atoms with E-state index in [1.807, 2.05) is 60.7 Å². The van der Waals surface area contributed by atoms with Crippen LogP contribution in [-0.2, 0) is 60.1 Å². The first-order valence-electron chi connectivity index (χ1n) is 20.8. The fourth-order valence-electron chi connectivity index (χ4n) is 7.49. The minimum absolute atomic E-state index is 0.0232. The van der Waals surface area contributed by atoms with Crippen molar-refractivity contribution in [3.8, 4) is 11.5 Å². The molecule has 0 bridgehead atoms. The summed E-state index contributed by atoms with van der Waals surface area (Å²) in [4.78, 5) is 0. The SMILES string of the molecule is CO[C@@]1(c2ccc(C)c(Cc3ccc4c(c3)OCCO4)c2)O[C@H](CO[Si](C)(C)C(C)(C)C)[C@@H](OCc2ccccc2)[C@H](OCc2ccccc2)[C@H]1OCc1ccccc1. The minimum Gasteiger partial charge on any atom is -0.486 e. The summed E-state index contributed by atoms with van der Waals surface area (Å²) in [6, 6.07) is 43.2. The fourth-order valence-corrected chi connectivity index (χ4v) is 8.50. The van der Waals surface area contributed by atoms with Crippen LogP contribution in [0.1, 0.15) is 59.7 Å².